The fourth-order valence-corrected chi connectivity index (χ4v) is 1.50. The summed E-state index contributed by atoms with van der Waals surface area (Å²) in [5, 5.41) is 9.90. The second-order valence-corrected chi connectivity index (χ2v) is 3.68. The van der Waals surface area contributed by atoms with Crippen LogP contribution in [0.25, 0.3) is 0 Å². The van der Waals surface area contributed by atoms with E-state index in [1.54, 1.807) is 6.92 Å². The van der Waals surface area contributed by atoms with Crippen LogP contribution in [0.4, 0.5) is 8.78 Å². The van der Waals surface area contributed by atoms with Gasteiger partial charge in [-0.25, -0.2) is 8.78 Å². The Morgan fingerprint density at radius 2 is 1.71 bits per heavy atom. The van der Waals surface area contributed by atoms with Crippen molar-refractivity contribution in [2.45, 2.75) is 32.3 Å². The molecule has 0 unspecified atom stereocenters. The molecule has 0 spiro atoms. The van der Waals surface area contributed by atoms with Gasteiger partial charge in [-0.15, -0.1) is 0 Å². The molecule has 0 aliphatic carbocycles. The van der Waals surface area contributed by atoms with E-state index in [1.165, 1.54) is 12.1 Å². The smallest absolute Gasteiger partial charge is 0.126 e. The third-order valence-corrected chi connectivity index (χ3v) is 2.22. The average Bonchev–Trinajstić information content (AvgIpc) is 2.02. The molecule has 0 radical (unpaired) electrons. The summed E-state index contributed by atoms with van der Waals surface area (Å²) in [5.74, 6) is -1.31. The molecule has 0 saturated heterocycles. The predicted octanol–water partition coefficient (Wildman–Crippen LogP) is 2.97. The van der Waals surface area contributed by atoms with Crippen molar-refractivity contribution in [1.82, 2.24) is 0 Å². The number of hydrogen-bond donors (Lipinski definition) is 1. The van der Waals surface area contributed by atoms with Gasteiger partial charge in [0.15, 0.2) is 0 Å². The van der Waals surface area contributed by atoms with E-state index in [0.29, 0.717) is 6.42 Å². The van der Waals surface area contributed by atoms with Gasteiger partial charge in [0.05, 0.1) is 5.60 Å². The zero-order chi connectivity index (χ0) is 10.8. The van der Waals surface area contributed by atoms with E-state index in [-0.39, 0.29) is 5.56 Å². The zero-order valence-electron chi connectivity index (χ0n) is 8.35. The molecule has 0 bridgehead atoms. The Morgan fingerprint density at radius 3 is 2.14 bits per heavy atom. The van der Waals surface area contributed by atoms with E-state index < -0.39 is 17.2 Å². The number of rotatable bonds is 3. The van der Waals surface area contributed by atoms with Crippen LogP contribution in [0.5, 0.6) is 0 Å². The van der Waals surface area contributed by atoms with Crippen LogP contribution in [0.3, 0.4) is 0 Å². The topological polar surface area (TPSA) is 20.2 Å². The van der Waals surface area contributed by atoms with Crippen molar-refractivity contribution in [3.8, 4) is 0 Å². The standard InChI is InChI=1S/C11H14F2O/c1-3-4-11(2,14)8-5-9(12)7-10(13)6-8/h5-7,14H,3-4H2,1-2H3/t11-/m1/s1. The van der Waals surface area contributed by atoms with Gasteiger partial charge in [-0.3, -0.25) is 0 Å². The van der Waals surface area contributed by atoms with E-state index >= 15 is 0 Å². The van der Waals surface area contributed by atoms with Crippen molar-refractivity contribution in [3.05, 3.63) is 35.4 Å². The number of aliphatic hydroxyl groups is 1. The highest BCUT2D eigenvalue weighted by atomic mass is 19.1. The summed E-state index contributed by atoms with van der Waals surface area (Å²) in [6.45, 7) is 3.47. The molecule has 1 nitrogen and oxygen atoms in total. The van der Waals surface area contributed by atoms with E-state index in [1.807, 2.05) is 6.92 Å². The molecule has 1 atom stereocenters. The second-order valence-electron chi connectivity index (χ2n) is 3.68. The van der Waals surface area contributed by atoms with Crippen LogP contribution in [0.2, 0.25) is 0 Å². The Morgan fingerprint density at radius 1 is 1.21 bits per heavy atom. The molecular weight excluding hydrogens is 186 g/mol. The fourth-order valence-electron chi connectivity index (χ4n) is 1.50. The lowest BCUT2D eigenvalue weighted by molar-refractivity contribution is 0.0463. The number of halogens is 2. The van der Waals surface area contributed by atoms with E-state index in [9.17, 15) is 13.9 Å². The van der Waals surface area contributed by atoms with Crippen molar-refractivity contribution in [2.75, 3.05) is 0 Å². The molecule has 0 aromatic heterocycles. The summed E-state index contributed by atoms with van der Waals surface area (Å²) >= 11 is 0. The summed E-state index contributed by atoms with van der Waals surface area (Å²) in [7, 11) is 0. The van der Waals surface area contributed by atoms with E-state index in [2.05, 4.69) is 0 Å². The molecule has 1 aromatic carbocycles. The van der Waals surface area contributed by atoms with Crippen LogP contribution in [0.1, 0.15) is 32.3 Å². The lowest BCUT2D eigenvalue weighted by Gasteiger charge is -2.23. The summed E-state index contributed by atoms with van der Waals surface area (Å²) in [5.41, 5.74) is -0.866. The summed E-state index contributed by atoms with van der Waals surface area (Å²) in [6.07, 6.45) is 1.24. The largest absolute Gasteiger partial charge is 0.385 e. The SMILES string of the molecule is CCC[C@@](C)(O)c1cc(F)cc(F)c1. The molecular formula is C11H14F2O. The van der Waals surface area contributed by atoms with Gasteiger partial charge in [0.1, 0.15) is 11.6 Å². The third-order valence-electron chi connectivity index (χ3n) is 2.22. The van der Waals surface area contributed by atoms with Gasteiger partial charge in [-0.2, -0.15) is 0 Å². The normalized spacial score (nSPS) is 15.2. The van der Waals surface area contributed by atoms with Gasteiger partial charge in [0, 0.05) is 6.07 Å². The maximum absolute atomic E-state index is 12.8. The third kappa shape index (κ3) is 2.51. The highest BCUT2D eigenvalue weighted by molar-refractivity contribution is 5.23. The molecule has 0 aliphatic heterocycles. The first-order valence-corrected chi connectivity index (χ1v) is 4.64. The Hall–Kier alpha value is -0.960. The van der Waals surface area contributed by atoms with Gasteiger partial charge in [0.2, 0.25) is 0 Å². The molecule has 78 valence electrons. The molecule has 0 fully saturated rings. The van der Waals surface area contributed by atoms with E-state index in [4.69, 9.17) is 0 Å². The summed E-state index contributed by atoms with van der Waals surface area (Å²) < 4.78 is 25.7. The number of hydrogen-bond acceptors (Lipinski definition) is 1. The van der Waals surface area contributed by atoms with Crippen molar-refractivity contribution in [3.63, 3.8) is 0 Å². The fraction of sp³-hybridized carbons (Fsp3) is 0.455. The first kappa shape index (κ1) is 11.1. The zero-order valence-corrected chi connectivity index (χ0v) is 8.35. The lowest BCUT2D eigenvalue weighted by atomic mass is 9.91. The van der Waals surface area contributed by atoms with Gasteiger partial charge in [-0.1, -0.05) is 13.3 Å². The van der Waals surface area contributed by atoms with Gasteiger partial charge in [0.25, 0.3) is 0 Å². The molecule has 0 aliphatic rings. The van der Waals surface area contributed by atoms with Crippen LogP contribution in [0, 0.1) is 11.6 Å². The molecule has 14 heavy (non-hydrogen) atoms. The quantitative estimate of drug-likeness (QED) is 0.795. The van der Waals surface area contributed by atoms with Crippen LogP contribution in [-0.4, -0.2) is 5.11 Å². The highest BCUT2D eigenvalue weighted by Crippen LogP contribution is 2.26. The highest BCUT2D eigenvalue weighted by Gasteiger charge is 2.22. The number of benzene rings is 1. The summed E-state index contributed by atoms with van der Waals surface area (Å²) in [6, 6.07) is 3.13. The molecule has 1 rings (SSSR count). The van der Waals surface area contributed by atoms with Gasteiger partial charge in [-0.05, 0) is 31.0 Å². The first-order chi connectivity index (χ1) is 6.45. The first-order valence-electron chi connectivity index (χ1n) is 4.64. The van der Waals surface area contributed by atoms with Crippen molar-refractivity contribution in [2.24, 2.45) is 0 Å². The van der Waals surface area contributed by atoms with Crippen molar-refractivity contribution >= 4 is 0 Å². The molecule has 0 amide bonds. The minimum Gasteiger partial charge on any atom is -0.385 e. The van der Waals surface area contributed by atoms with Crippen LogP contribution < -0.4 is 0 Å². The molecule has 1 aromatic rings. The molecule has 0 heterocycles. The molecule has 0 saturated carbocycles. The maximum atomic E-state index is 12.8. The van der Waals surface area contributed by atoms with Gasteiger partial charge >= 0.3 is 0 Å². The summed E-state index contributed by atoms with van der Waals surface area (Å²) in [4.78, 5) is 0. The van der Waals surface area contributed by atoms with E-state index in [0.717, 1.165) is 12.5 Å². The minimum atomic E-state index is -1.16. The minimum absolute atomic E-state index is 0.289. The monoisotopic (exact) mass is 200 g/mol. The molecule has 1 N–H and O–H groups in total. The Kier molecular flexibility index (Phi) is 3.21. The second kappa shape index (κ2) is 4.05. The van der Waals surface area contributed by atoms with Crippen molar-refractivity contribution in [1.29, 1.82) is 0 Å². The Bertz CT molecular complexity index is 301. The van der Waals surface area contributed by atoms with Crippen LogP contribution >= 0.6 is 0 Å². The van der Waals surface area contributed by atoms with Crippen molar-refractivity contribution < 1.29 is 13.9 Å². The van der Waals surface area contributed by atoms with Crippen LogP contribution in [0.15, 0.2) is 18.2 Å². The van der Waals surface area contributed by atoms with Crippen LogP contribution in [-0.2, 0) is 5.60 Å². The Balaban J connectivity index is 3.05. The molecule has 3 heteroatoms. The van der Waals surface area contributed by atoms with Gasteiger partial charge < -0.3 is 5.11 Å². The lowest BCUT2D eigenvalue weighted by Crippen LogP contribution is -2.21. The predicted molar refractivity (Wildman–Crippen MR) is 50.8 cm³/mol. The maximum Gasteiger partial charge on any atom is 0.126 e. The Labute approximate surface area is 82.4 Å². The average molecular weight is 200 g/mol.